The first-order chi connectivity index (χ1) is 13.6. The maximum atomic E-state index is 12.5. The third-order valence-electron chi connectivity index (χ3n) is 4.59. The standard InChI is InChI=1S/C22H21N5O/c1-16-6-7-17(2)27(16)20-10-8-18(9-11-20)22(28)24-21-12-14-26(25-21)15-19-5-3-4-13-23-19/h3-14H,15H2,1-2H3,(H,24,25,28). The number of anilines is 1. The van der Waals surface area contributed by atoms with E-state index < -0.39 is 0 Å². The van der Waals surface area contributed by atoms with Crippen molar-refractivity contribution in [2.45, 2.75) is 20.4 Å². The topological polar surface area (TPSA) is 64.7 Å². The van der Waals surface area contributed by atoms with Crippen LogP contribution >= 0.6 is 0 Å². The van der Waals surface area contributed by atoms with E-state index in [2.05, 4.69) is 45.9 Å². The molecule has 28 heavy (non-hydrogen) atoms. The zero-order valence-electron chi connectivity index (χ0n) is 15.8. The van der Waals surface area contributed by atoms with Gasteiger partial charge in [-0.15, -0.1) is 0 Å². The van der Waals surface area contributed by atoms with Gasteiger partial charge in [-0.1, -0.05) is 6.07 Å². The molecule has 6 nitrogen and oxygen atoms in total. The number of aromatic nitrogens is 4. The maximum absolute atomic E-state index is 12.5. The number of amides is 1. The lowest BCUT2D eigenvalue weighted by molar-refractivity contribution is 0.102. The van der Waals surface area contributed by atoms with Crippen molar-refractivity contribution in [2.24, 2.45) is 0 Å². The smallest absolute Gasteiger partial charge is 0.256 e. The highest BCUT2D eigenvalue weighted by Gasteiger charge is 2.10. The van der Waals surface area contributed by atoms with E-state index in [0.29, 0.717) is 17.9 Å². The molecular formula is C22H21N5O. The second-order valence-corrected chi connectivity index (χ2v) is 6.67. The molecule has 1 aromatic carbocycles. The van der Waals surface area contributed by atoms with Gasteiger partial charge < -0.3 is 9.88 Å². The molecule has 3 aromatic heterocycles. The Morgan fingerprint density at radius 1 is 0.964 bits per heavy atom. The average Bonchev–Trinajstić information content (AvgIpc) is 3.28. The quantitative estimate of drug-likeness (QED) is 0.577. The summed E-state index contributed by atoms with van der Waals surface area (Å²) in [5.41, 5.74) is 4.86. The fourth-order valence-corrected chi connectivity index (χ4v) is 3.20. The normalized spacial score (nSPS) is 10.8. The van der Waals surface area contributed by atoms with Gasteiger partial charge in [0.15, 0.2) is 5.82 Å². The van der Waals surface area contributed by atoms with Gasteiger partial charge in [-0.25, -0.2) is 0 Å². The highest BCUT2D eigenvalue weighted by atomic mass is 16.1. The molecule has 0 aliphatic carbocycles. The van der Waals surface area contributed by atoms with Gasteiger partial charge in [-0.2, -0.15) is 5.10 Å². The number of rotatable bonds is 5. The molecule has 0 fully saturated rings. The molecule has 0 bridgehead atoms. The lowest BCUT2D eigenvalue weighted by Gasteiger charge is -2.10. The monoisotopic (exact) mass is 371 g/mol. The van der Waals surface area contributed by atoms with Crippen molar-refractivity contribution in [3.05, 3.63) is 95.7 Å². The number of nitrogens with zero attached hydrogens (tertiary/aromatic N) is 4. The molecule has 0 radical (unpaired) electrons. The molecule has 0 saturated carbocycles. The van der Waals surface area contributed by atoms with Crippen LogP contribution in [0.25, 0.3) is 5.69 Å². The number of carbonyl (C=O) groups excluding carboxylic acids is 1. The summed E-state index contributed by atoms with van der Waals surface area (Å²) in [5.74, 6) is 0.331. The van der Waals surface area contributed by atoms with Crippen LogP contribution in [-0.4, -0.2) is 25.2 Å². The first-order valence-electron chi connectivity index (χ1n) is 9.10. The van der Waals surface area contributed by atoms with Gasteiger partial charge in [-0.3, -0.25) is 14.5 Å². The molecule has 0 saturated heterocycles. The largest absolute Gasteiger partial charge is 0.319 e. The van der Waals surface area contributed by atoms with Crippen molar-refractivity contribution in [2.75, 3.05) is 5.32 Å². The van der Waals surface area contributed by atoms with E-state index in [1.807, 2.05) is 48.7 Å². The summed E-state index contributed by atoms with van der Waals surface area (Å²) in [6.45, 7) is 4.69. The van der Waals surface area contributed by atoms with Crippen molar-refractivity contribution < 1.29 is 4.79 Å². The van der Waals surface area contributed by atoms with Crippen molar-refractivity contribution in [3.8, 4) is 5.69 Å². The van der Waals surface area contributed by atoms with Crippen LogP contribution in [0.2, 0.25) is 0 Å². The van der Waals surface area contributed by atoms with E-state index in [4.69, 9.17) is 0 Å². The summed E-state index contributed by atoms with van der Waals surface area (Å²) in [7, 11) is 0. The van der Waals surface area contributed by atoms with Crippen LogP contribution in [0.5, 0.6) is 0 Å². The maximum Gasteiger partial charge on any atom is 0.256 e. The van der Waals surface area contributed by atoms with E-state index >= 15 is 0 Å². The van der Waals surface area contributed by atoms with Crippen LogP contribution in [0.15, 0.2) is 73.1 Å². The van der Waals surface area contributed by atoms with Crippen LogP contribution in [0.3, 0.4) is 0 Å². The zero-order chi connectivity index (χ0) is 19.5. The molecule has 0 aliphatic heterocycles. The Labute approximate surface area is 163 Å². The summed E-state index contributed by atoms with van der Waals surface area (Å²) < 4.78 is 3.90. The van der Waals surface area contributed by atoms with E-state index in [0.717, 1.165) is 22.8 Å². The van der Waals surface area contributed by atoms with Crippen molar-refractivity contribution in [3.63, 3.8) is 0 Å². The van der Waals surface area contributed by atoms with Crippen molar-refractivity contribution >= 4 is 11.7 Å². The number of carbonyl (C=O) groups is 1. The highest BCUT2D eigenvalue weighted by molar-refractivity contribution is 6.03. The first-order valence-corrected chi connectivity index (χ1v) is 9.10. The molecule has 0 unspecified atom stereocenters. The van der Waals surface area contributed by atoms with Crippen molar-refractivity contribution in [1.82, 2.24) is 19.3 Å². The minimum absolute atomic E-state index is 0.185. The molecule has 1 amide bonds. The SMILES string of the molecule is Cc1ccc(C)n1-c1ccc(C(=O)Nc2ccn(Cc3ccccn3)n2)cc1. The molecule has 6 heteroatoms. The molecule has 4 rings (SSSR count). The van der Waals surface area contributed by atoms with Gasteiger partial charge >= 0.3 is 0 Å². The van der Waals surface area contributed by atoms with Gasteiger partial charge in [0.05, 0.1) is 12.2 Å². The second-order valence-electron chi connectivity index (χ2n) is 6.67. The molecule has 0 spiro atoms. The van der Waals surface area contributed by atoms with Crippen molar-refractivity contribution in [1.29, 1.82) is 0 Å². The number of hydrogen-bond donors (Lipinski definition) is 1. The minimum Gasteiger partial charge on any atom is -0.319 e. The third-order valence-corrected chi connectivity index (χ3v) is 4.59. The Bertz CT molecular complexity index is 1070. The molecule has 140 valence electrons. The first kappa shape index (κ1) is 17.7. The fraction of sp³-hybridized carbons (Fsp3) is 0.136. The van der Waals surface area contributed by atoms with Gasteiger partial charge in [0.25, 0.3) is 5.91 Å². The Hall–Kier alpha value is -3.67. The van der Waals surface area contributed by atoms with Crippen LogP contribution in [-0.2, 0) is 6.54 Å². The fourth-order valence-electron chi connectivity index (χ4n) is 3.20. The van der Waals surface area contributed by atoms with E-state index in [9.17, 15) is 4.79 Å². The van der Waals surface area contributed by atoms with Gasteiger partial charge in [0.1, 0.15) is 0 Å². The predicted molar refractivity (Wildman–Crippen MR) is 109 cm³/mol. The van der Waals surface area contributed by atoms with Crippen LogP contribution in [0.4, 0.5) is 5.82 Å². The molecule has 0 atom stereocenters. The Morgan fingerprint density at radius 2 is 1.71 bits per heavy atom. The van der Waals surface area contributed by atoms with Gasteiger partial charge in [-0.05, 0) is 62.4 Å². The number of aryl methyl sites for hydroxylation is 2. The third kappa shape index (κ3) is 3.71. The minimum atomic E-state index is -0.185. The number of benzene rings is 1. The van der Waals surface area contributed by atoms with E-state index in [1.54, 1.807) is 16.9 Å². The lowest BCUT2D eigenvalue weighted by atomic mass is 10.2. The Kier molecular flexibility index (Phi) is 4.76. The molecule has 4 aromatic rings. The molecule has 3 heterocycles. The summed E-state index contributed by atoms with van der Waals surface area (Å²) >= 11 is 0. The van der Waals surface area contributed by atoms with Crippen LogP contribution in [0.1, 0.15) is 27.4 Å². The van der Waals surface area contributed by atoms with Gasteiger partial charge in [0, 0.05) is 41.1 Å². The number of pyridine rings is 1. The highest BCUT2D eigenvalue weighted by Crippen LogP contribution is 2.17. The van der Waals surface area contributed by atoms with Crippen LogP contribution in [0, 0.1) is 13.8 Å². The van der Waals surface area contributed by atoms with Crippen LogP contribution < -0.4 is 5.32 Å². The summed E-state index contributed by atoms with van der Waals surface area (Å²) in [6.07, 6.45) is 3.58. The predicted octanol–water partition coefficient (Wildman–Crippen LogP) is 3.99. The average molecular weight is 371 g/mol. The Morgan fingerprint density at radius 3 is 2.39 bits per heavy atom. The summed E-state index contributed by atoms with van der Waals surface area (Å²) in [5, 5.41) is 7.24. The van der Waals surface area contributed by atoms with E-state index in [-0.39, 0.29) is 5.91 Å². The molecule has 0 aliphatic rings. The lowest BCUT2D eigenvalue weighted by Crippen LogP contribution is -2.13. The zero-order valence-corrected chi connectivity index (χ0v) is 15.8. The summed E-state index contributed by atoms with van der Waals surface area (Å²) in [4.78, 5) is 16.8. The second kappa shape index (κ2) is 7.52. The summed E-state index contributed by atoms with van der Waals surface area (Å²) in [6, 6.07) is 19.3. The number of hydrogen-bond acceptors (Lipinski definition) is 3. The molecular weight excluding hydrogens is 350 g/mol. The Balaban J connectivity index is 1.44. The van der Waals surface area contributed by atoms with E-state index in [1.165, 1.54) is 0 Å². The number of nitrogens with one attached hydrogen (secondary N) is 1. The molecule has 1 N–H and O–H groups in total. The van der Waals surface area contributed by atoms with Gasteiger partial charge in [0.2, 0.25) is 0 Å².